The second-order valence-corrected chi connectivity index (χ2v) is 6.67. The SMILES string of the molecule is CN=C(NCc1ccc(F)c(C)c1)NCC1CCN(CCOC)CC1. The first-order valence-corrected chi connectivity index (χ1v) is 9.03. The van der Waals surface area contributed by atoms with E-state index in [0.29, 0.717) is 18.0 Å². The lowest BCUT2D eigenvalue weighted by Gasteiger charge is -2.32. The molecule has 1 fully saturated rings. The monoisotopic (exact) mass is 350 g/mol. The van der Waals surface area contributed by atoms with E-state index in [2.05, 4.69) is 20.5 Å². The van der Waals surface area contributed by atoms with Crippen LogP contribution in [-0.2, 0) is 11.3 Å². The number of ether oxygens (including phenoxy) is 1. The number of nitrogens with zero attached hydrogens (tertiary/aromatic N) is 2. The summed E-state index contributed by atoms with van der Waals surface area (Å²) in [5.74, 6) is 1.30. The first-order chi connectivity index (χ1) is 12.1. The second-order valence-electron chi connectivity index (χ2n) is 6.67. The number of halogens is 1. The maximum atomic E-state index is 13.3. The highest BCUT2D eigenvalue weighted by atomic mass is 19.1. The van der Waals surface area contributed by atoms with Gasteiger partial charge in [0.05, 0.1) is 6.61 Å². The minimum Gasteiger partial charge on any atom is -0.383 e. The number of methoxy groups -OCH3 is 1. The van der Waals surface area contributed by atoms with E-state index in [9.17, 15) is 4.39 Å². The topological polar surface area (TPSA) is 48.9 Å². The lowest BCUT2D eigenvalue weighted by molar-refractivity contribution is 0.121. The maximum Gasteiger partial charge on any atom is 0.191 e. The van der Waals surface area contributed by atoms with Crippen molar-refractivity contribution in [3.63, 3.8) is 0 Å². The van der Waals surface area contributed by atoms with Gasteiger partial charge in [0.15, 0.2) is 5.96 Å². The summed E-state index contributed by atoms with van der Waals surface area (Å²) in [5.41, 5.74) is 1.72. The lowest BCUT2D eigenvalue weighted by atomic mass is 9.97. The van der Waals surface area contributed by atoms with Crippen molar-refractivity contribution in [2.24, 2.45) is 10.9 Å². The average molecular weight is 350 g/mol. The number of piperidine rings is 1. The Labute approximate surface area is 150 Å². The van der Waals surface area contributed by atoms with Gasteiger partial charge in [0, 0.05) is 33.8 Å². The summed E-state index contributed by atoms with van der Waals surface area (Å²) < 4.78 is 18.5. The fourth-order valence-electron chi connectivity index (χ4n) is 3.10. The second kappa shape index (κ2) is 10.4. The number of likely N-dealkylation sites (tertiary alicyclic amines) is 1. The van der Waals surface area contributed by atoms with Crippen molar-refractivity contribution in [3.8, 4) is 0 Å². The number of guanidine groups is 1. The summed E-state index contributed by atoms with van der Waals surface area (Å²) in [5, 5.41) is 6.71. The summed E-state index contributed by atoms with van der Waals surface area (Å²) in [7, 11) is 3.53. The minimum absolute atomic E-state index is 0.164. The van der Waals surface area contributed by atoms with Gasteiger partial charge in [-0.3, -0.25) is 4.99 Å². The highest BCUT2D eigenvalue weighted by molar-refractivity contribution is 5.79. The van der Waals surface area contributed by atoms with Crippen LogP contribution in [-0.4, -0.2) is 57.8 Å². The third kappa shape index (κ3) is 6.63. The van der Waals surface area contributed by atoms with Crippen LogP contribution in [0, 0.1) is 18.7 Å². The van der Waals surface area contributed by atoms with Gasteiger partial charge in [-0.1, -0.05) is 12.1 Å². The number of nitrogens with one attached hydrogen (secondary N) is 2. The molecule has 25 heavy (non-hydrogen) atoms. The van der Waals surface area contributed by atoms with E-state index < -0.39 is 0 Å². The summed E-state index contributed by atoms with van der Waals surface area (Å²) in [6.45, 7) is 7.45. The number of aryl methyl sites for hydroxylation is 1. The van der Waals surface area contributed by atoms with Gasteiger partial charge < -0.3 is 20.3 Å². The normalized spacial score (nSPS) is 16.9. The van der Waals surface area contributed by atoms with E-state index in [1.54, 1.807) is 27.1 Å². The van der Waals surface area contributed by atoms with E-state index in [0.717, 1.165) is 44.3 Å². The summed E-state index contributed by atoms with van der Waals surface area (Å²) in [4.78, 5) is 6.74. The zero-order valence-corrected chi connectivity index (χ0v) is 15.6. The zero-order valence-electron chi connectivity index (χ0n) is 15.6. The number of hydrogen-bond acceptors (Lipinski definition) is 3. The summed E-state index contributed by atoms with van der Waals surface area (Å²) >= 11 is 0. The van der Waals surface area contributed by atoms with Gasteiger partial charge in [0.2, 0.25) is 0 Å². The molecule has 0 atom stereocenters. The van der Waals surface area contributed by atoms with Crippen LogP contribution in [0.5, 0.6) is 0 Å². The van der Waals surface area contributed by atoms with Crippen molar-refractivity contribution in [2.75, 3.05) is 46.9 Å². The van der Waals surface area contributed by atoms with Crippen LogP contribution in [0.25, 0.3) is 0 Å². The Hall–Kier alpha value is -1.66. The van der Waals surface area contributed by atoms with Crippen molar-refractivity contribution in [1.29, 1.82) is 0 Å². The van der Waals surface area contributed by atoms with Gasteiger partial charge in [-0.05, 0) is 56.0 Å². The van der Waals surface area contributed by atoms with Crippen LogP contribution in [0.15, 0.2) is 23.2 Å². The first-order valence-electron chi connectivity index (χ1n) is 9.03. The Kier molecular flexibility index (Phi) is 8.15. The number of aliphatic imine (C=N–C) groups is 1. The molecule has 1 aromatic carbocycles. The van der Waals surface area contributed by atoms with Crippen molar-refractivity contribution >= 4 is 5.96 Å². The average Bonchev–Trinajstić information content (AvgIpc) is 2.64. The first kappa shape index (κ1) is 19.7. The molecule has 1 saturated heterocycles. The molecule has 0 aromatic heterocycles. The summed E-state index contributed by atoms with van der Waals surface area (Å²) in [6.07, 6.45) is 2.40. The third-order valence-corrected chi connectivity index (χ3v) is 4.78. The fourth-order valence-corrected chi connectivity index (χ4v) is 3.10. The van der Waals surface area contributed by atoms with Crippen molar-refractivity contribution in [2.45, 2.75) is 26.3 Å². The van der Waals surface area contributed by atoms with Gasteiger partial charge in [0.25, 0.3) is 0 Å². The van der Waals surface area contributed by atoms with E-state index >= 15 is 0 Å². The zero-order chi connectivity index (χ0) is 18.1. The number of rotatable bonds is 7. The van der Waals surface area contributed by atoms with Crippen LogP contribution < -0.4 is 10.6 Å². The molecule has 140 valence electrons. The number of benzene rings is 1. The molecule has 0 radical (unpaired) electrons. The third-order valence-electron chi connectivity index (χ3n) is 4.78. The molecule has 6 heteroatoms. The molecule has 0 aliphatic carbocycles. The molecule has 0 spiro atoms. The Morgan fingerprint density at radius 3 is 2.72 bits per heavy atom. The van der Waals surface area contributed by atoms with E-state index in [1.165, 1.54) is 18.9 Å². The largest absolute Gasteiger partial charge is 0.383 e. The van der Waals surface area contributed by atoms with Crippen LogP contribution in [0.4, 0.5) is 4.39 Å². The van der Waals surface area contributed by atoms with Crippen LogP contribution in [0.3, 0.4) is 0 Å². The molecule has 0 amide bonds. The predicted molar refractivity (Wildman–Crippen MR) is 100 cm³/mol. The van der Waals surface area contributed by atoms with Gasteiger partial charge >= 0.3 is 0 Å². The molecule has 2 rings (SSSR count). The van der Waals surface area contributed by atoms with Gasteiger partial charge in [-0.15, -0.1) is 0 Å². The molecule has 1 aliphatic heterocycles. The Bertz CT molecular complexity index is 556. The van der Waals surface area contributed by atoms with Crippen LogP contribution in [0.1, 0.15) is 24.0 Å². The molecule has 0 saturated carbocycles. The van der Waals surface area contributed by atoms with Gasteiger partial charge in [-0.2, -0.15) is 0 Å². The van der Waals surface area contributed by atoms with Crippen molar-refractivity contribution < 1.29 is 9.13 Å². The van der Waals surface area contributed by atoms with Crippen LogP contribution >= 0.6 is 0 Å². The quantitative estimate of drug-likeness (QED) is 0.584. The predicted octanol–water partition coefficient (Wildman–Crippen LogP) is 2.16. The molecule has 1 aromatic rings. The maximum absolute atomic E-state index is 13.3. The molecule has 0 bridgehead atoms. The molecule has 5 nitrogen and oxygen atoms in total. The molecular weight excluding hydrogens is 319 g/mol. The van der Waals surface area contributed by atoms with Crippen molar-refractivity contribution in [1.82, 2.24) is 15.5 Å². The van der Waals surface area contributed by atoms with Crippen molar-refractivity contribution in [3.05, 3.63) is 35.1 Å². The fraction of sp³-hybridized carbons (Fsp3) is 0.632. The van der Waals surface area contributed by atoms with Gasteiger partial charge in [0.1, 0.15) is 5.82 Å². The van der Waals surface area contributed by atoms with Gasteiger partial charge in [-0.25, -0.2) is 4.39 Å². The lowest BCUT2D eigenvalue weighted by Crippen LogP contribution is -2.43. The summed E-state index contributed by atoms with van der Waals surface area (Å²) in [6, 6.07) is 5.18. The number of hydrogen-bond donors (Lipinski definition) is 2. The highest BCUT2D eigenvalue weighted by Crippen LogP contribution is 2.16. The van der Waals surface area contributed by atoms with E-state index in [1.807, 2.05) is 6.07 Å². The molecule has 0 unspecified atom stereocenters. The standard InChI is InChI=1S/C19H31FN4O/c1-15-12-17(4-5-18(15)20)14-23-19(21-2)22-13-16-6-8-24(9-7-16)10-11-25-3/h4-5,12,16H,6-11,13-14H2,1-3H3,(H2,21,22,23). The molecule has 1 heterocycles. The minimum atomic E-state index is -0.164. The highest BCUT2D eigenvalue weighted by Gasteiger charge is 2.18. The Morgan fingerprint density at radius 2 is 2.08 bits per heavy atom. The molecule has 2 N–H and O–H groups in total. The smallest absolute Gasteiger partial charge is 0.191 e. The van der Waals surface area contributed by atoms with Crippen LogP contribution in [0.2, 0.25) is 0 Å². The Balaban J connectivity index is 1.69. The Morgan fingerprint density at radius 1 is 1.32 bits per heavy atom. The van der Waals surface area contributed by atoms with E-state index in [4.69, 9.17) is 4.74 Å². The molecular formula is C19H31FN4O. The molecule has 1 aliphatic rings. The van der Waals surface area contributed by atoms with E-state index in [-0.39, 0.29) is 5.82 Å².